The number of carbonyl (C=O) groups excluding carboxylic acids is 1. The number of aromatic hydroxyl groups is 1. The quantitative estimate of drug-likeness (QED) is 0.104. The maximum absolute atomic E-state index is 14.2. The van der Waals surface area contributed by atoms with E-state index in [1.807, 2.05) is 24.3 Å². The molecule has 49 heavy (non-hydrogen) atoms. The van der Waals surface area contributed by atoms with Gasteiger partial charge in [0.2, 0.25) is 5.56 Å². The van der Waals surface area contributed by atoms with Crippen LogP contribution in [-0.2, 0) is 4.74 Å². The number of fused-ring (bicyclic) bond motifs is 4. The van der Waals surface area contributed by atoms with Crippen molar-refractivity contribution in [1.82, 2.24) is 20.5 Å². The van der Waals surface area contributed by atoms with Crippen LogP contribution in [0.3, 0.4) is 0 Å². The van der Waals surface area contributed by atoms with E-state index in [2.05, 4.69) is 20.5 Å². The molecule has 3 fully saturated rings. The number of hydrogen-bond donors (Lipinski definition) is 5. The molecule has 3 aliphatic rings. The van der Waals surface area contributed by atoms with Crippen LogP contribution in [-0.4, -0.2) is 71.6 Å². The molecule has 3 atom stereocenters. The summed E-state index contributed by atoms with van der Waals surface area (Å²) in [5, 5.41) is 27.7. The zero-order chi connectivity index (χ0) is 34.2. The van der Waals surface area contributed by atoms with Crippen molar-refractivity contribution in [2.24, 2.45) is 5.92 Å². The van der Waals surface area contributed by atoms with Crippen LogP contribution in [0, 0.1) is 11.7 Å². The summed E-state index contributed by atoms with van der Waals surface area (Å²) in [6.45, 7) is 4.49. The van der Waals surface area contributed by atoms with E-state index in [9.17, 15) is 24.2 Å². The molecule has 0 aliphatic carbocycles. The van der Waals surface area contributed by atoms with Gasteiger partial charge in [0.1, 0.15) is 23.4 Å². The molecule has 4 aromatic rings. The Morgan fingerprint density at radius 3 is 2.53 bits per heavy atom. The number of aliphatic hydroxyl groups is 1. The molecule has 3 aliphatic heterocycles. The number of piperidine rings is 3. The normalized spacial score (nSPS) is 19.8. The number of phenolic OH excluding ortho intramolecular Hbond substituents is 1. The minimum Gasteiger partial charge on any atom is -0.506 e. The fourth-order valence-corrected chi connectivity index (χ4v) is 6.96. The number of benzene rings is 3. The van der Waals surface area contributed by atoms with Gasteiger partial charge in [0.15, 0.2) is 0 Å². The standard InChI is InChI=1S/C38H45FN4O6/c39-28-9-5-7-26(21-28)36(42-38(47)49-34-24-43-18-15-25(34)16-19-43)27-8-6-10-29(22-27)48-20-4-2-1-3-17-40-23-33(45)30-11-13-32(44)37-31(30)12-14-35(46)41-37/h5-14,21-22,25,33-34,36,40,44-45H,1-4,15-20,23-24H2,(H,41,46)(H,42,47). The van der Waals surface area contributed by atoms with Gasteiger partial charge in [-0.2, -0.15) is 0 Å². The number of aromatic nitrogens is 1. The van der Waals surface area contributed by atoms with Crippen LogP contribution < -0.4 is 20.9 Å². The fourth-order valence-electron chi connectivity index (χ4n) is 6.96. The number of aliphatic hydroxyl groups excluding tert-OH is 1. The number of hydrogen-bond acceptors (Lipinski definition) is 8. The molecule has 3 saturated heterocycles. The zero-order valence-electron chi connectivity index (χ0n) is 27.6. The number of ether oxygens (including phenoxy) is 2. The highest BCUT2D eigenvalue weighted by atomic mass is 19.1. The van der Waals surface area contributed by atoms with Gasteiger partial charge in [-0.25, -0.2) is 9.18 Å². The number of carbonyl (C=O) groups is 1. The van der Waals surface area contributed by atoms with Crippen molar-refractivity contribution in [3.63, 3.8) is 0 Å². The highest BCUT2D eigenvalue weighted by Gasteiger charge is 2.37. The van der Waals surface area contributed by atoms with Gasteiger partial charge >= 0.3 is 6.09 Å². The third kappa shape index (κ3) is 8.97. The highest BCUT2D eigenvalue weighted by molar-refractivity contribution is 5.87. The van der Waals surface area contributed by atoms with E-state index in [0.717, 1.165) is 70.3 Å². The Bertz CT molecular complexity index is 1770. The summed E-state index contributed by atoms with van der Waals surface area (Å²) >= 11 is 0. The van der Waals surface area contributed by atoms with E-state index in [-0.39, 0.29) is 23.2 Å². The molecule has 11 heteroatoms. The molecule has 0 spiro atoms. The maximum atomic E-state index is 14.2. The minimum absolute atomic E-state index is 0.0324. The van der Waals surface area contributed by atoms with Gasteiger partial charge in [-0.15, -0.1) is 0 Å². The van der Waals surface area contributed by atoms with E-state index < -0.39 is 18.2 Å². The molecular formula is C38H45FN4O6. The van der Waals surface area contributed by atoms with E-state index in [1.54, 1.807) is 24.3 Å². The number of unbranched alkanes of at least 4 members (excludes halogenated alkanes) is 3. The molecule has 3 unspecified atom stereocenters. The first-order valence-electron chi connectivity index (χ1n) is 17.3. The largest absolute Gasteiger partial charge is 0.506 e. The number of nitrogens with zero attached hydrogens (tertiary/aromatic N) is 1. The van der Waals surface area contributed by atoms with Crippen molar-refractivity contribution in [2.45, 2.75) is 56.8 Å². The van der Waals surface area contributed by atoms with Crippen LogP contribution in [0.15, 0.2) is 77.6 Å². The predicted molar refractivity (Wildman–Crippen MR) is 185 cm³/mol. The third-order valence-corrected chi connectivity index (χ3v) is 9.61. The van der Waals surface area contributed by atoms with Gasteiger partial charge in [-0.1, -0.05) is 43.2 Å². The van der Waals surface area contributed by atoms with Crippen LogP contribution in [0.5, 0.6) is 11.5 Å². The van der Waals surface area contributed by atoms with Gasteiger partial charge in [0.25, 0.3) is 0 Å². The summed E-state index contributed by atoms with van der Waals surface area (Å²) in [6.07, 6.45) is 4.41. The maximum Gasteiger partial charge on any atom is 0.408 e. The number of aromatic amines is 1. The number of phenols is 1. The van der Waals surface area contributed by atoms with Crippen molar-refractivity contribution < 1.29 is 28.9 Å². The number of halogens is 1. The second-order valence-electron chi connectivity index (χ2n) is 13.1. The van der Waals surface area contributed by atoms with Crippen LogP contribution in [0.4, 0.5) is 9.18 Å². The second-order valence-corrected chi connectivity index (χ2v) is 13.1. The first kappa shape index (κ1) is 34.4. The van der Waals surface area contributed by atoms with Crippen molar-refractivity contribution >= 4 is 17.0 Å². The summed E-state index contributed by atoms with van der Waals surface area (Å²) in [6, 6.07) is 19.3. The Kier molecular flexibility index (Phi) is 11.4. The Morgan fingerprint density at radius 1 is 0.980 bits per heavy atom. The summed E-state index contributed by atoms with van der Waals surface area (Å²) in [5.74, 6) is 0.651. The fraction of sp³-hybridized carbons (Fsp3) is 0.421. The average Bonchev–Trinajstić information content (AvgIpc) is 3.11. The molecule has 10 nitrogen and oxygen atoms in total. The molecule has 2 bridgehead atoms. The van der Waals surface area contributed by atoms with Crippen LogP contribution in [0.2, 0.25) is 0 Å². The number of pyridine rings is 1. The Labute approximate surface area is 285 Å². The van der Waals surface area contributed by atoms with E-state index in [4.69, 9.17) is 9.47 Å². The third-order valence-electron chi connectivity index (χ3n) is 9.61. The lowest BCUT2D eigenvalue weighted by molar-refractivity contribution is -0.0336. The van der Waals surface area contributed by atoms with Crippen molar-refractivity contribution in [1.29, 1.82) is 0 Å². The second kappa shape index (κ2) is 16.3. The predicted octanol–water partition coefficient (Wildman–Crippen LogP) is 5.55. The van der Waals surface area contributed by atoms with Crippen LogP contribution in [0.25, 0.3) is 10.9 Å². The smallest absolute Gasteiger partial charge is 0.408 e. The van der Waals surface area contributed by atoms with Gasteiger partial charge in [0.05, 0.1) is 24.3 Å². The number of amides is 1. The molecule has 7 rings (SSSR count). The average molecular weight is 673 g/mol. The van der Waals surface area contributed by atoms with Crippen molar-refractivity contribution in [3.8, 4) is 11.5 Å². The van der Waals surface area contributed by atoms with Crippen LogP contribution >= 0.6 is 0 Å². The van der Waals surface area contributed by atoms with E-state index in [1.165, 1.54) is 24.3 Å². The molecule has 4 heterocycles. The van der Waals surface area contributed by atoms with Gasteiger partial charge < -0.3 is 35.3 Å². The number of rotatable bonds is 15. The summed E-state index contributed by atoms with van der Waals surface area (Å²) < 4.78 is 26.2. The molecule has 0 saturated carbocycles. The lowest BCUT2D eigenvalue weighted by atomic mass is 9.86. The number of alkyl carbamates (subject to hydrolysis) is 1. The lowest BCUT2D eigenvalue weighted by Gasteiger charge is -2.43. The topological polar surface area (TPSA) is 136 Å². The molecule has 1 amide bonds. The first-order chi connectivity index (χ1) is 23.8. The summed E-state index contributed by atoms with van der Waals surface area (Å²) in [4.78, 5) is 29.7. The summed E-state index contributed by atoms with van der Waals surface area (Å²) in [7, 11) is 0. The molecule has 5 N–H and O–H groups in total. The molecule has 260 valence electrons. The van der Waals surface area contributed by atoms with E-state index in [0.29, 0.717) is 46.8 Å². The number of nitrogens with one attached hydrogen (secondary N) is 3. The van der Waals surface area contributed by atoms with Crippen molar-refractivity contribution in [2.75, 3.05) is 39.3 Å². The Balaban J connectivity index is 0.941. The molecule has 0 radical (unpaired) electrons. The summed E-state index contributed by atoms with van der Waals surface area (Å²) in [5.41, 5.74) is 2.04. The van der Waals surface area contributed by atoms with Crippen LogP contribution in [0.1, 0.15) is 67.4 Å². The van der Waals surface area contributed by atoms with Gasteiger partial charge in [-0.3, -0.25) is 9.69 Å². The van der Waals surface area contributed by atoms with Crippen molar-refractivity contribution in [3.05, 3.63) is 106 Å². The van der Waals surface area contributed by atoms with Gasteiger partial charge in [-0.05, 0) is 104 Å². The zero-order valence-corrected chi connectivity index (χ0v) is 27.6. The van der Waals surface area contributed by atoms with Gasteiger partial charge in [0, 0.05) is 24.5 Å². The first-order valence-corrected chi connectivity index (χ1v) is 17.3. The minimum atomic E-state index is -0.787. The Hall–Kier alpha value is -4.45. The molecular weight excluding hydrogens is 627 g/mol. The monoisotopic (exact) mass is 672 g/mol. The molecule has 1 aromatic heterocycles. The SMILES string of the molecule is O=C(NC(c1cccc(F)c1)c1cccc(OCCCCCCNCC(O)c2ccc(O)c3[nH]c(=O)ccc23)c1)OC1CN2CCC1CC2. The molecule has 3 aromatic carbocycles. The number of H-pyrrole nitrogens is 1. The van der Waals surface area contributed by atoms with E-state index >= 15 is 0 Å². The highest BCUT2D eigenvalue weighted by Crippen LogP contribution is 2.31. The lowest BCUT2D eigenvalue weighted by Crippen LogP contribution is -2.52. The Morgan fingerprint density at radius 2 is 1.76 bits per heavy atom.